The molecule has 0 heterocycles. The Hall–Kier alpha value is -3.11. The molecule has 1 unspecified atom stereocenters. The van der Waals surface area contributed by atoms with Gasteiger partial charge in [0.1, 0.15) is 5.75 Å². The van der Waals surface area contributed by atoms with Crippen LogP contribution in [0.2, 0.25) is 0 Å². The number of carbonyl (C=O) groups is 1. The lowest BCUT2D eigenvalue weighted by Gasteiger charge is -2.16. The van der Waals surface area contributed by atoms with Crippen LogP contribution >= 0.6 is 0 Å². The minimum Gasteiger partial charge on any atom is -0.494 e. The highest BCUT2D eigenvalue weighted by Crippen LogP contribution is 2.46. The van der Waals surface area contributed by atoms with E-state index in [0.29, 0.717) is 32.2 Å². The highest BCUT2D eigenvalue weighted by molar-refractivity contribution is 5.78. The maximum absolute atomic E-state index is 12.2. The summed E-state index contributed by atoms with van der Waals surface area (Å²) in [5, 5.41) is 0. The van der Waals surface area contributed by atoms with Crippen LogP contribution in [0, 0.1) is 0 Å². The van der Waals surface area contributed by atoms with Gasteiger partial charge in [0, 0.05) is 18.9 Å². The second-order valence-corrected chi connectivity index (χ2v) is 8.68. The summed E-state index contributed by atoms with van der Waals surface area (Å²) in [6, 6.07) is 25.4. The average molecular weight is 459 g/mol. The van der Waals surface area contributed by atoms with E-state index in [0.717, 1.165) is 30.6 Å². The normalized spacial score (nSPS) is 13.2. The third kappa shape index (κ3) is 5.68. The number of ether oxygens (including phenoxy) is 3. The molecule has 0 aliphatic heterocycles. The van der Waals surface area contributed by atoms with Crippen molar-refractivity contribution in [1.82, 2.24) is 0 Å². The van der Waals surface area contributed by atoms with E-state index in [9.17, 15) is 4.79 Å². The lowest BCUT2D eigenvalue weighted by atomic mass is 9.92. The molecule has 0 radical (unpaired) electrons. The van der Waals surface area contributed by atoms with Crippen LogP contribution in [-0.4, -0.2) is 31.9 Å². The van der Waals surface area contributed by atoms with Crippen LogP contribution in [0.4, 0.5) is 0 Å². The molecule has 0 fully saturated rings. The first-order valence-electron chi connectivity index (χ1n) is 12.4. The molecule has 1 atom stereocenters. The third-order valence-corrected chi connectivity index (χ3v) is 6.29. The second-order valence-electron chi connectivity index (χ2n) is 8.68. The van der Waals surface area contributed by atoms with Gasteiger partial charge in [-0.2, -0.15) is 0 Å². The van der Waals surface area contributed by atoms with Crippen LogP contribution in [0.5, 0.6) is 5.75 Å². The molecule has 0 spiro atoms. The third-order valence-electron chi connectivity index (χ3n) is 6.29. The van der Waals surface area contributed by atoms with Gasteiger partial charge in [-0.05, 0) is 66.1 Å². The molecular weight excluding hydrogens is 424 g/mol. The SMILES string of the molecule is CCCOC(Cc1ccc(OCCCC2c3ccccc3-c3ccccc32)cc1)C(=O)OCC. The van der Waals surface area contributed by atoms with Gasteiger partial charge in [-0.3, -0.25) is 0 Å². The molecule has 0 N–H and O–H groups in total. The summed E-state index contributed by atoms with van der Waals surface area (Å²) in [4.78, 5) is 12.2. The van der Waals surface area contributed by atoms with Crippen LogP contribution in [0.3, 0.4) is 0 Å². The average Bonchev–Trinajstić information content (AvgIpc) is 3.19. The van der Waals surface area contributed by atoms with E-state index in [2.05, 4.69) is 48.5 Å². The van der Waals surface area contributed by atoms with Crippen molar-refractivity contribution in [2.45, 2.75) is 51.6 Å². The van der Waals surface area contributed by atoms with Crippen molar-refractivity contribution in [3.8, 4) is 16.9 Å². The van der Waals surface area contributed by atoms with Gasteiger partial charge in [-0.15, -0.1) is 0 Å². The predicted octanol–water partition coefficient (Wildman–Crippen LogP) is 6.56. The zero-order valence-corrected chi connectivity index (χ0v) is 20.2. The number of rotatable bonds is 12. The zero-order valence-electron chi connectivity index (χ0n) is 20.2. The van der Waals surface area contributed by atoms with Gasteiger partial charge in [0.2, 0.25) is 0 Å². The van der Waals surface area contributed by atoms with E-state index >= 15 is 0 Å². The second kappa shape index (κ2) is 11.8. The molecule has 0 aromatic heterocycles. The van der Waals surface area contributed by atoms with Gasteiger partial charge >= 0.3 is 5.97 Å². The maximum Gasteiger partial charge on any atom is 0.335 e. The van der Waals surface area contributed by atoms with Gasteiger partial charge in [0.25, 0.3) is 0 Å². The molecule has 3 aromatic carbocycles. The van der Waals surface area contributed by atoms with Crippen molar-refractivity contribution in [3.05, 3.63) is 89.5 Å². The Morgan fingerprint density at radius 1 is 0.853 bits per heavy atom. The Bertz CT molecular complexity index is 1030. The molecule has 0 saturated heterocycles. The molecular formula is C30H34O4. The van der Waals surface area contributed by atoms with Gasteiger partial charge in [-0.1, -0.05) is 67.6 Å². The summed E-state index contributed by atoms with van der Waals surface area (Å²) >= 11 is 0. The molecule has 4 nitrogen and oxygen atoms in total. The number of hydrogen-bond donors (Lipinski definition) is 0. The summed E-state index contributed by atoms with van der Waals surface area (Å²) in [6.45, 7) is 5.41. The first-order valence-corrected chi connectivity index (χ1v) is 12.4. The van der Waals surface area contributed by atoms with Gasteiger partial charge in [-0.25, -0.2) is 4.79 Å². The maximum atomic E-state index is 12.2. The van der Waals surface area contributed by atoms with E-state index in [1.54, 1.807) is 0 Å². The highest BCUT2D eigenvalue weighted by Gasteiger charge is 2.27. The lowest BCUT2D eigenvalue weighted by Crippen LogP contribution is -2.29. The molecule has 0 saturated carbocycles. The summed E-state index contributed by atoms with van der Waals surface area (Å²) < 4.78 is 16.9. The van der Waals surface area contributed by atoms with E-state index in [4.69, 9.17) is 14.2 Å². The fourth-order valence-electron chi connectivity index (χ4n) is 4.69. The number of carbonyl (C=O) groups excluding carboxylic acids is 1. The number of esters is 1. The quantitative estimate of drug-likeness (QED) is 0.228. The van der Waals surface area contributed by atoms with Crippen molar-refractivity contribution in [2.24, 2.45) is 0 Å². The van der Waals surface area contributed by atoms with E-state index in [-0.39, 0.29) is 5.97 Å². The summed E-state index contributed by atoms with van der Waals surface area (Å²) in [6.07, 6.45) is 2.83. The fraction of sp³-hybridized carbons (Fsp3) is 0.367. The van der Waals surface area contributed by atoms with Crippen LogP contribution in [0.15, 0.2) is 72.8 Å². The molecule has 0 amide bonds. The Balaban J connectivity index is 1.29. The van der Waals surface area contributed by atoms with E-state index in [1.807, 2.05) is 38.1 Å². The largest absolute Gasteiger partial charge is 0.494 e. The van der Waals surface area contributed by atoms with Gasteiger partial charge in [0.05, 0.1) is 13.2 Å². The van der Waals surface area contributed by atoms with Crippen molar-refractivity contribution >= 4 is 5.97 Å². The molecule has 178 valence electrons. The monoisotopic (exact) mass is 458 g/mol. The van der Waals surface area contributed by atoms with Crippen LogP contribution in [0.1, 0.15) is 55.7 Å². The summed E-state index contributed by atoms with van der Waals surface area (Å²) in [7, 11) is 0. The number of benzene rings is 3. The zero-order chi connectivity index (χ0) is 23.8. The van der Waals surface area contributed by atoms with Crippen molar-refractivity contribution in [2.75, 3.05) is 19.8 Å². The van der Waals surface area contributed by atoms with Crippen molar-refractivity contribution in [3.63, 3.8) is 0 Å². The Morgan fingerprint density at radius 2 is 1.50 bits per heavy atom. The minimum atomic E-state index is -0.566. The smallest absolute Gasteiger partial charge is 0.335 e. The van der Waals surface area contributed by atoms with Gasteiger partial charge in [0.15, 0.2) is 6.10 Å². The Morgan fingerprint density at radius 3 is 2.12 bits per heavy atom. The Labute approximate surface area is 202 Å². The van der Waals surface area contributed by atoms with Crippen LogP contribution < -0.4 is 4.74 Å². The predicted molar refractivity (Wildman–Crippen MR) is 135 cm³/mol. The molecule has 1 aliphatic carbocycles. The minimum absolute atomic E-state index is 0.300. The van der Waals surface area contributed by atoms with Crippen molar-refractivity contribution in [1.29, 1.82) is 0 Å². The van der Waals surface area contributed by atoms with Crippen LogP contribution in [-0.2, 0) is 20.7 Å². The van der Waals surface area contributed by atoms with Crippen LogP contribution in [0.25, 0.3) is 11.1 Å². The molecule has 4 heteroatoms. The standard InChI is InChI=1S/C30H34O4/c1-3-19-34-29(30(31)32-4-2)21-22-15-17-23(18-16-22)33-20-9-14-28-26-12-7-5-10-24(26)25-11-6-8-13-27(25)28/h5-8,10-13,15-18,28-29H,3-4,9,14,19-21H2,1-2H3. The Kier molecular flexibility index (Phi) is 8.37. The molecule has 1 aliphatic rings. The summed E-state index contributed by atoms with van der Waals surface area (Å²) in [5.41, 5.74) is 6.61. The first kappa shape index (κ1) is 24.0. The molecule has 4 rings (SSSR count). The van der Waals surface area contributed by atoms with E-state index < -0.39 is 6.10 Å². The van der Waals surface area contributed by atoms with Gasteiger partial charge < -0.3 is 14.2 Å². The molecule has 0 bridgehead atoms. The lowest BCUT2D eigenvalue weighted by molar-refractivity contribution is -0.156. The highest BCUT2D eigenvalue weighted by atomic mass is 16.6. The summed E-state index contributed by atoms with van der Waals surface area (Å²) in [5.74, 6) is 0.978. The molecule has 3 aromatic rings. The first-order chi connectivity index (χ1) is 16.7. The van der Waals surface area contributed by atoms with E-state index in [1.165, 1.54) is 22.3 Å². The topological polar surface area (TPSA) is 44.8 Å². The number of fused-ring (bicyclic) bond motifs is 3. The number of hydrogen-bond acceptors (Lipinski definition) is 4. The van der Waals surface area contributed by atoms with Crippen molar-refractivity contribution < 1.29 is 19.0 Å². The molecule has 34 heavy (non-hydrogen) atoms. The fourth-order valence-corrected chi connectivity index (χ4v) is 4.69.